The molecule has 1 aromatic rings. The van der Waals surface area contributed by atoms with Gasteiger partial charge in [0.05, 0.1) is 44.0 Å². The molecule has 1 aromatic carbocycles. The zero-order valence-electron chi connectivity index (χ0n) is 15.5. The summed E-state index contributed by atoms with van der Waals surface area (Å²) in [7, 11) is 4.10. The molecule has 0 fully saturated rings. The maximum atomic E-state index is 12.9. The van der Waals surface area contributed by atoms with E-state index >= 15 is 0 Å². The molecule has 2 N–H and O–H groups in total. The number of hydrogen-bond donors (Lipinski definition) is 2. The van der Waals surface area contributed by atoms with Crippen LogP contribution in [0.2, 0.25) is 0 Å². The van der Waals surface area contributed by atoms with Gasteiger partial charge in [-0.1, -0.05) is 13.8 Å². The Kier molecular flexibility index (Phi) is 8.60. The topological polar surface area (TPSA) is 94.1 Å². The number of hydrogen-bond acceptors (Lipinski definition) is 7. The number of aliphatic hydroxyl groups is 1. The first-order valence-corrected chi connectivity index (χ1v) is 8.71. The molecule has 0 spiro atoms. The van der Waals surface area contributed by atoms with Gasteiger partial charge in [0, 0.05) is 12.3 Å². The third kappa shape index (κ3) is 5.22. The summed E-state index contributed by atoms with van der Waals surface area (Å²) in [6.45, 7) is 3.67. The van der Waals surface area contributed by atoms with E-state index in [0.29, 0.717) is 10.2 Å². The van der Waals surface area contributed by atoms with Crippen LogP contribution in [0.4, 0.5) is 0 Å². The quantitative estimate of drug-likeness (QED) is 0.204. The highest BCUT2D eigenvalue weighted by Crippen LogP contribution is 2.34. The number of Topliss-reactive ketones (excluding diaryl/α,β-unsaturated/α-hetero) is 1. The van der Waals surface area contributed by atoms with Gasteiger partial charge in [0.2, 0.25) is 5.78 Å². The highest BCUT2D eigenvalue weighted by molar-refractivity contribution is 9.10. The SMILES string of the molecule is COC(=O)C(=CN[C@@H](CO)C(C)C)C(=O)c1cc(Br)c(OC)cc1OC. The molecule has 1 atom stereocenters. The minimum Gasteiger partial charge on any atom is -0.496 e. The first-order chi connectivity index (χ1) is 12.3. The van der Waals surface area contributed by atoms with Gasteiger partial charge in [0.15, 0.2) is 0 Å². The predicted octanol–water partition coefficient (Wildman–Crippen LogP) is 2.31. The smallest absolute Gasteiger partial charge is 0.343 e. The van der Waals surface area contributed by atoms with Crippen molar-refractivity contribution < 1.29 is 28.9 Å². The largest absolute Gasteiger partial charge is 0.496 e. The van der Waals surface area contributed by atoms with Crippen LogP contribution in [0.1, 0.15) is 24.2 Å². The summed E-state index contributed by atoms with van der Waals surface area (Å²) >= 11 is 3.32. The highest BCUT2D eigenvalue weighted by Gasteiger charge is 2.25. The molecule has 8 heteroatoms. The van der Waals surface area contributed by atoms with Gasteiger partial charge in [-0.05, 0) is 27.9 Å². The molecule has 0 bridgehead atoms. The van der Waals surface area contributed by atoms with E-state index in [2.05, 4.69) is 21.2 Å². The Morgan fingerprint density at radius 3 is 2.27 bits per heavy atom. The molecule has 0 amide bonds. The Labute approximate surface area is 161 Å². The molecule has 0 saturated carbocycles. The normalized spacial score (nSPS) is 12.5. The van der Waals surface area contributed by atoms with Crippen molar-refractivity contribution in [3.05, 3.63) is 33.9 Å². The average molecular weight is 430 g/mol. The summed E-state index contributed by atoms with van der Waals surface area (Å²) < 4.78 is 15.7. The Hall–Kier alpha value is -2.06. The lowest BCUT2D eigenvalue weighted by molar-refractivity contribution is -0.135. The Bertz CT molecular complexity index is 687. The molecule has 0 heterocycles. The van der Waals surface area contributed by atoms with E-state index in [1.807, 2.05) is 13.8 Å². The van der Waals surface area contributed by atoms with E-state index in [-0.39, 0.29) is 35.5 Å². The third-order valence-electron chi connectivity index (χ3n) is 3.81. The van der Waals surface area contributed by atoms with E-state index in [1.165, 1.54) is 33.6 Å². The van der Waals surface area contributed by atoms with Crippen molar-refractivity contribution in [1.82, 2.24) is 5.32 Å². The Morgan fingerprint density at radius 1 is 1.19 bits per heavy atom. The van der Waals surface area contributed by atoms with Gasteiger partial charge in [-0.15, -0.1) is 0 Å². The summed E-state index contributed by atoms with van der Waals surface area (Å²) in [6.07, 6.45) is 1.27. The van der Waals surface area contributed by atoms with Crippen LogP contribution in [0.3, 0.4) is 0 Å². The van der Waals surface area contributed by atoms with Gasteiger partial charge in [-0.3, -0.25) is 4.79 Å². The molecule has 0 unspecified atom stereocenters. The Balaban J connectivity index is 3.34. The second-order valence-electron chi connectivity index (χ2n) is 5.77. The molecule has 26 heavy (non-hydrogen) atoms. The van der Waals surface area contributed by atoms with Gasteiger partial charge in [-0.2, -0.15) is 0 Å². The van der Waals surface area contributed by atoms with Crippen molar-refractivity contribution in [1.29, 1.82) is 0 Å². The van der Waals surface area contributed by atoms with E-state index in [4.69, 9.17) is 14.2 Å². The number of rotatable bonds is 9. The standard InChI is InChI=1S/C18H24BrNO6/c1-10(2)14(9-21)20-8-12(18(23)26-5)17(22)11-6-13(19)16(25-4)7-15(11)24-3/h6-8,10,14,20-21H,9H2,1-5H3/t14-/m0/s1. The number of nitrogens with one attached hydrogen (secondary N) is 1. The van der Waals surface area contributed by atoms with Gasteiger partial charge in [0.25, 0.3) is 0 Å². The lowest BCUT2D eigenvalue weighted by atomic mass is 10.0. The lowest BCUT2D eigenvalue weighted by Gasteiger charge is -2.19. The predicted molar refractivity (Wildman–Crippen MR) is 101 cm³/mol. The average Bonchev–Trinajstić information content (AvgIpc) is 2.63. The second kappa shape index (κ2) is 10.2. The zero-order chi connectivity index (χ0) is 19.9. The van der Waals surface area contributed by atoms with Crippen molar-refractivity contribution in [2.45, 2.75) is 19.9 Å². The molecule has 0 aliphatic rings. The number of esters is 1. The van der Waals surface area contributed by atoms with Gasteiger partial charge in [-0.25, -0.2) is 4.79 Å². The van der Waals surface area contributed by atoms with Crippen molar-refractivity contribution >= 4 is 27.7 Å². The lowest BCUT2D eigenvalue weighted by Crippen LogP contribution is -2.34. The van der Waals surface area contributed by atoms with Crippen LogP contribution >= 0.6 is 15.9 Å². The number of ketones is 1. The summed E-state index contributed by atoms with van der Waals surface area (Å²) in [5, 5.41) is 12.3. The van der Waals surface area contributed by atoms with Gasteiger partial charge < -0.3 is 24.6 Å². The molecule has 0 saturated heterocycles. The molecule has 0 aliphatic carbocycles. The number of halogens is 1. The van der Waals surface area contributed by atoms with E-state index in [1.54, 1.807) is 6.07 Å². The molecular weight excluding hydrogens is 406 g/mol. The molecule has 0 radical (unpaired) electrons. The number of aliphatic hydroxyl groups excluding tert-OH is 1. The van der Waals surface area contributed by atoms with Crippen molar-refractivity contribution in [3.8, 4) is 11.5 Å². The molecule has 0 aliphatic heterocycles. The highest BCUT2D eigenvalue weighted by atomic mass is 79.9. The summed E-state index contributed by atoms with van der Waals surface area (Å²) in [4.78, 5) is 25.0. The summed E-state index contributed by atoms with van der Waals surface area (Å²) in [5.41, 5.74) is -0.0364. The first kappa shape index (κ1) is 22.0. The maximum absolute atomic E-state index is 12.9. The minimum absolute atomic E-state index is 0.0925. The second-order valence-corrected chi connectivity index (χ2v) is 6.62. The Morgan fingerprint density at radius 2 is 1.81 bits per heavy atom. The van der Waals surface area contributed by atoms with Crippen LogP contribution in [0, 0.1) is 5.92 Å². The van der Waals surface area contributed by atoms with Crippen LogP contribution in [-0.2, 0) is 9.53 Å². The molecular formula is C18H24BrNO6. The van der Waals surface area contributed by atoms with Crippen LogP contribution < -0.4 is 14.8 Å². The molecule has 0 aromatic heterocycles. The van der Waals surface area contributed by atoms with E-state index < -0.39 is 11.8 Å². The van der Waals surface area contributed by atoms with Crippen LogP contribution in [0.5, 0.6) is 11.5 Å². The van der Waals surface area contributed by atoms with E-state index in [0.717, 1.165) is 0 Å². The van der Waals surface area contributed by atoms with Crippen LogP contribution in [0.15, 0.2) is 28.4 Å². The van der Waals surface area contributed by atoms with Crippen LogP contribution in [0.25, 0.3) is 0 Å². The fourth-order valence-electron chi connectivity index (χ4n) is 2.16. The fourth-order valence-corrected chi connectivity index (χ4v) is 2.66. The number of benzene rings is 1. The number of carbonyl (C=O) groups is 2. The van der Waals surface area contributed by atoms with Crippen LogP contribution in [-0.4, -0.2) is 50.8 Å². The molecule has 1 rings (SSSR count). The van der Waals surface area contributed by atoms with E-state index in [9.17, 15) is 14.7 Å². The van der Waals surface area contributed by atoms with Crippen molar-refractivity contribution in [3.63, 3.8) is 0 Å². The molecule has 7 nitrogen and oxygen atoms in total. The van der Waals surface area contributed by atoms with Crippen molar-refractivity contribution in [2.75, 3.05) is 27.9 Å². The summed E-state index contributed by atoms with van der Waals surface area (Å²) in [6, 6.07) is 2.75. The maximum Gasteiger partial charge on any atom is 0.343 e. The molecule has 144 valence electrons. The third-order valence-corrected chi connectivity index (χ3v) is 4.43. The monoisotopic (exact) mass is 429 g/mol. The number of carbonyl (C=O) groups excluding carboxylic acids is 2. The van der Waals surface area contributed by atoms with Gasteiger partial charge in [0.1, 0.15) is 17.1 Å². The van der Waals surface area contributed by atoms with Crippen molar-refractivity contribution in [2.24, 2.45) is 5.92 Å². The van der Waals surface area contributed by atoms with Gasteiger partial charge >= 0.3 is 5.97 Å². The first-order valence-electron chi connectivity index (χ1n) is 7.92. The minimum atomic E-state index is -0.795. The summed E-state index contributed by atoms with van der Waals surface area (Å²) in [5.74, 6) is -0.537. The zero-order valence-corrected chi connectivity index (χ0v) is 17.0. The number of methoxy groups -OCH3 is 3. The number of ether oxygens (including phenoxy) is 3. The fraction of sp³-hybridized carbons (Fsp3) is 0.444.